The molecule has 0 spiro atoms. The van der Waals surface area contributed by atoms with Crippen molar-refractivity contribution in [2.45, 2.75) is 11.0 Å². The van der Waals surface area contributed by atoms with E-state index in [-0.39, 0.29) is 0 Å². The molecule has 0 N–H and O–H groups in total. The van der Waals surface area contributed by atoms with Crippen LogP contribution in [0.4, 0.5) is 0 Å². The van der Waals surface area contributed by atoms with Crippen LogP contribution in [0.15, 0.2) is 82.7 Å². The average Bonchev–Trinajstić information content (AvgIpc) is 3.22. The Morgan fingerprint density at radius 2 is 1.63 bits per heavy atom. The molecule has 0 aliphatic rings. The monoisotopic (exact) mass is 370 g/mol. The number of nitrogens with zero attached hydrogens (tertiary/aromatic N) is 4. The number of benzene rings is 2. The van der Waals surface area contributed by atoms with E-state index in [0.717, 1.165) is 22.2 Å². The van der Waals surface area contributed by atoms with Crippen molar-refractivity contribution in [1.29, 1.82) is 0 Å². The summed E-state index contributed by atoms with van der Waals surface area (Å²) in [6.07, 6.45) is 3.42. The van der Waals surface area contributed by atoms with Crippen molar-refractivity contribution < 1.29 is 4.42 Å². The molecule has 27 heavy (non-hydrogen) atoms. The van der Waals surface area contributed by atoms with E-state index >= 15 is 0 Å². The third-order valence-electron chi connectivity index (χ3n) is 4.33. The lowest BCUT2D eigenvalue weighted by Gasteiger charge is -2.08. The van der Waals surface area contributed by atoms with E-state index in [0.29, 0.717) is 16.9 Å². The molecular formula is C21H14N4OS. The molecule has 0 unspecified atom stereocenters. The first-order valence-corrected chi connectivity index (χ1v) is 9.50. The molecule has 5 nitrogen and oxygen atoms in total. The highest BCUT2D eigenvalue weighted by Crippen LogP contribution is 2.31. The molecule has 0 saturated carbocycles. The van der Waals surface area contributed by atoms with Crippen LogP contribution in [0.1, 0.15) is 5.69 Å². The van der Waals surface area contributed by atoms with Crippen molar-refractivity contribution in [3.8, 4) is 11.5 Å². The van der Waals surface area contributed by atoms with Gasteiger partial charge in [-0.3, -0.25) is 9.97 Å². The molecule has 3 aromatic heterocycles. The molecule has 0 saturated heterocycles. The lowest BCUT2D eigenvalue weighted by Crippen LogP contribution is -1.92. The Bertz CT molecular complexity index is 1240. The van der Waals surface area contributed by atoms with Crippen LogP contribution in [0.5, 0.6) is 0 Å². The minimum absolute atomic E-state index is 0.474. The number of para-hydroxylation sites is 1. The number of thioether (sulfide) groups is 1. The molecule has 0 aliphatic heterocycles. The van der Waals surface area contributed by atoms with Gasteiger partial charge in [-0.2, -0.15) is 0 Å². The van der Waals surface area contributed by atoms with Crippen molar-refractivity contribution in [3.63, 3.8) is 0 Å². The maximum atomic E-state index is 5.76. The Hall–Kier alpha value is -3.25. The SMILES string of the molecule is c1cncc(-c2nnc(SCc3nc4ccccc4c4ccccc34)o2)c1. The second-order valence-corrected chi connectivity index (χ2v) is 6.95. The highest BCUT2D eigenvalue weighted by Gasteiger charge is 2.12. The molecule has 0 bridgehead atoms. The van der Waals surface area contributed by atoms with Gasteiger partial charge in [0.25, 0.3) is 5.22 Å². The van der Waals surface area contributed by atoms with Gasteiger partial charge in [0.1, 0.15) is 0 Å². The summed E-state index contributed by atoms with van der Waals surface area (Å²) in [5.74, 6) is 1.13. The van der Waals surface area contributed by atoms with E-state index in [4.69, 9.17) is 9.40 Å². The van der Waals surface area contributed by atoms with E-state index in [1.807, 2.05) is 36.4 Å². The van der Waals surface area contributed by atoms with Crippen LogP contribution in [-0.2, 0) is 5.75 Å². The normalized spacial score (nSPS) is 11.3. The Labute approximate surface area is 159 Å². The van der Waals surface area contributed by atoms with Crippen LogP contribution in [0, 0.1) is 0 Å². The molecule has 130 valence electrons. The van der Waals surface area contributed by atoms with Gasteiger partial charge >= 0.3 is 0 Å². The lowest BCUT2D eigenvalue weighted by molar-refractivity contribution is 0.465. The average molecular weight is 370 g/mol. The van der Waals surface area contributed by atoms with E-state index in [1.54, 1.807) is 12.4 Å². The van der Waals surface area contributed by atoms with E-state index in [1.165, 1.54) is 22.5 Å². The van der Waals surface area contributed by atoms with E-state index < -0.39 is 0 Å². The summed E-state index contributed by atoms with van der Waals surface area (Å²) in [6.45, 7) is 0. The number of rotatable bonds is 4. The summed E-state index contributed by atoms with van der Waals surface area (Å²) in [5.41, 5.74) is 2.81. The van der Waals surface area contributed by atoms with Gasteiger partial charge in [-0.25, -0.2) is 0 Å². The fourth-order valence-electron chi connectivity index (χ4n) is 3.09. The van der Waals surface area contributed by atoms with E-state index in [9.17, 15) is 0 Å². The first-order chi connectivity index (χ1) is 13.4. The van der Waals surface area contributed by atoms with Gasteiger partial charge in [0.15, 0.2) is 0 Å². The molecular weight excluding hydrogens is 356 g/mol. The minimum Gasteiger partial charge on any atom is -0.411 e. The summed E-state index contributed by atoms with van der Waals surface area (Å²) in [7, 11) is 0. The first-order valence-electron chi connectivity index (χ1n) is 8.51. The number of pyridine rings is 2. The van der Waals surface area contributed by atoms with Crippen LogP contribution in [0.2, 0.25) is 0 Å². The van der Waals surface area contributed by atoms with Gasteiger partial charge in [0.05, 0.1) is 16.8 Å². The molecule has 0 fully saturated rings. The number of hydrogen-bond acceptors (Lipinski definition) is 6. The summed E-state index contributed by atoms with van der Waals surface area (Å²) in [5, 5.41) is 12.3. The van der Waals surface area contributed by atoms with Crippen molar-refractivity contribution in [2.24, 2.45) is 0 Å². The second-order valence-electron chi connectivity index (χ2n) is 6.02. The van der Waals surface area contributed by atoms with Crippen molar-refractivity contribution >= 4 is 33.4 Å². The topological polar surface area (TPSA) is 64.7 Å². The Morgan fingerprint density at radius 3 is 2.48 bits per heavy atom. The predicted octanol–water partition coefficient (Wildman–Crippen LogP) is 5.13. The van der Waals surface area contributed by atoms with Crippen LogP contribution in [0.3, 0.4) is 0 Å². The molecule has 5 aromatic rings. The summed E-state index contributed by atoms with van der Waals surface area (Å²) in [4.78, 5) is 8.95. The van der Waals surface area contributed by atoms with Gasteiger partial charge in [0, 0.05) is 28.9 Å². The zero-order valence-corrected chi connectivity index (χ0v) is 15.1. The highest BCUT2D eigenvalue weighted by molar-refractivity contribution is 7.98. The summed E-state index contributed by atoms with van der Waals surface area (Å²) >= 11 is 1.49. The van der Waals surface area contributed by atoms with Gasteiger partial charge < -0.3 is 4.42 Å². The van der Waals surface area contributed by atoms with Crippen LogP contribution >= 0.6 is 11.8 Å². The van der Waals surface area contributed by atoms with Crippen LogP contribution in [0.25, 0.3) is 33.1 Å². The van der Waals surface area contributed by atoms with Gasteiger partial charge in [-0.05, 0) is 23.6 Å². The van der Waals surface area contributed by atoms with Crippen LogP contribution < -0.4 is 0 Å². The first kappa shape index (κ1) is 16.0. The standard InChI is InChI=1S/C21H14N4OS/c1-2-9-17-15(7-1)16-8-3-4-10-18(16)23-19(17)13-27-21-25-24-20(26-21)14-6-5-11-22-12-14/h1-12H,13H2. The third kappa shape index (κ3) is 3.04. The molecule has 6 heteroatoms. The lowest BCUT2D eigenvalue weighted by atomic mass is 10.0. The molecule has 3 heterocycles. The molecule has 2 aromatic carbocycles. The zero-order valence-electron chi connectivity index (χ0n) is 14.2. The molecule has 0 aliphatic carbocycles. The molecule has 0 amide bonds. The summed E-state index contributed by atoms with van der Waals surface area (Å²) in [6, 6.07) is 20.3. The van der Waals surface area contributed by atoms with Crippen molar-refractivity contribution in [1.82, 2.24) is 20.2 Å². The molecule has 0 atom stereocenters. The fourth-order valence-corrected chi connectivity index (χ4v) is 3.80. The quantitative estimate of drug-likeness (QED) is 0.323. The highest BCUT2D eigenvalue weighted by atomic mass is 32.2. The van der Waals surface area contributed by atoms with Gasteiger partial charge in [0.2, 0.25) is 5.89 Å². The van der Waals surface area contributed by atoms with Crippen molar-refractivity contribution in [2.75, 3.05) is 0 Å². The number of hydrogen-bond donors (Lipinski definition) is 0. The van der Waals surface area contributed by atoms with Crippen molar-refractivity contribution in [3.05, 3.63) is 78.8 Å². The number of aromatic nitrogens is 4. The largest absolute Gasteiger partial charge is 0.411 e. The zero-order chi connectivity index (χ0) is 18.1. The van der Waals surface area contributed by atoms with Gasteiger partial charge in [-0.15, -0.1) is 10.2 Å². The maximum absolute atomic E-state index is 5.76. The smallest absolute Gasteiger partial charge is 0.277 e. The fraction of sp³-hybridized carbons (Fsp3) is 0.0476. The van der Waals surface area contributed by atoms with Gasteiger partial charge in [-0.1, -0.05) is 54.2 Å². The minimum atomic E-state index is 0.474. The van der Waals surface area contributed by atoms with Crippen LogP contribution in [-0.4, -0.2) is 20.2 Å². The van der Waals surface area contributed by atoms with E-state index in [2.05, 4.69) is 39.4 Å². The Morgan fingerprint density at radius 1 is 0.815 bits per heavy atom. The second kappa shape index (κ2) is 6.81. The molecule has 0 radical (unpaired) electrons. The third-order valence-corrected chi connectivity index (χ3v) is 5.16. The summed E-state index contributed by atoms with van der Waals surface area (Å²) < 4.78 is 5.76. The Kier molecular flexibility index (Phi) is 4.03. The Balaban J connectivity index is 1.47. The maximum Gasteiger partial charge on any atom is 0.277 e. The number of fused-ring (bicyclic) bond motifs is 3. The molecule has 5 rings (SSSR count). The predicted molar refractivity (Wildman–Crippen MR) is 106 cm³/mol.